The lowest BCUT2D eigenvalue weighted by Gasteiger charge is -2.11. The second-order valence-corrected chi connectivity index (χ2v) is 4.30. The summed E-state index contributed by atoms with van der Waals surface area (Å²) in [5, 5.41) is 21.6. The van der Waals surface area contributed by atoms with Crippen molar-refractivity contribution in [1.82, 2.24) is 9.78 Å². The Morgan fingerprint density at radius 3 is 2.76 bits per heavy atom. The predicted octanol–water partition coefficient (Wildman–Crippen LogP) is -0.398. The van der Waals surface area contributed by atoms with Crippen LogP contribution in [0.5, 0.6) is 0 Å². The number of carbonyl (C=O) groups is 1. The van der Waals surface area contributed by atoms with Crippen LogP contribution in [0, 0.1) is 3.57 Å². The molecule has 0 saturated carbocycles. The zero-order valence-electron chi connectivity index (χ0n) is 9.17. The summed E-state index contributed by atoms with van der Waals surface area (Å²) in [6, 6.07) is 0. The number of aliphatic hydroxyl groups is 2. The monoisotopic (exact) mass is 356 g/mol. The lowest BCUT2D eigenvalue weighted by Crippen LogP contribution is -2.23. The van der Waals surface area contributed by atoms with E-state index in [2.05, 4.69) is 9.84 Å². The molecule has 0 radical (unpaired) electrons. The van der Waals surface area contributed by atoms with Gasteiger partial charge in [0.2, 0.25) is 0 Å². The summed E-state index contributed by atoms with van der Waals surface area (Å²) in [5.74, 6) is -0.519. The van der Waals surface area contributed by atoms with E-state index in [0.717, 1.165) is 0 Å². The molecule has 8 heteroatoms. The van der Waals surface area contributed by atoms with E-state index in [9.17, 15) is 4.79 Å². The van der Waals surface area contributed by atoms with E-state index in [1.807, 2.05) is 22.6 Å². The van der Waals surface area contributed by atoms with E-state index in [1.54, 1.807) is 6.20 Å². The van der Waals surface area contributed by atoms with Gasteiger partial charge < -0.3 is 19.7 Å². The molecule has 0 amide bonds. The number of aliphatic hydroxyl groups excluding tert-OH is 2. The van der Waals surface area contributed by atoms with Crippen molar-refractivity contribution < 1.29 is 24.5 Å². The Hall–Kier alpha value is -0.710. The Morgan fingerprint density at radius 1 is 1.59 bits per heavy atom. The normalized spacial score (nSPS) is 10.9. The number of nitrogens with zero attached hydrogens (tertiary/aromatic N) is 2. The molecular formula is C9H13IN2O5. The van der Waals surface area contributed by atoms with E-state index < -0.39 is 12.1 Å². The van der Waals surface area contributed by atoms with Gasteiger partial charge in [-0.05, 0) is 22.6 Å². The average Bonchev–Trinajstić information content (AvgIpc) is 2.71. The molecule has 1 aromatic rings. The molecule has 0 saturated heterocycles. The van der Waals surface area contributed by atoms with Gasteiger partial charge in [0.25, 0.3) is 0 Å². The summed E-state index contributed by atoms with van der Waals surface area (Å²) in [5.41, 5.74) is 0.209. The molecule has 0 unspecified atom stereocenters. The van der Waals surface area contributed by atoms with E-state index in [1.165, 1.54) is 11.8 Å². The van der Waals surface area contributed by atoms with Gasteiger partial charge in [0.1, 0.15) is 12.8 Å². The molecule has 0 aromatic carbocycles. The summed E-state index contributed by atoms with van der Waals surface area (Å²) >= 11 is 1.96. The Bertz CT molecular complexity index is 377. The van der Waals surface area contributed by atoms with Crippen molar-refractivity contribution in [1.29, 1.82) is 0 Å². The number of aromatic nitrogens is 2. The van der Waals surface area contributed by atoms with Gasteiger partial charge in [-0.1, -0.05) is 0 Å². The Morgan fingerprint density at radius 2 is 2.24 bits per heavy atom. The minimum Gasteiger partial charge on any atom is -0.464 e. The summed E-state index contributed by atoms with van der Waals surface area (Å²) in [6.07, 6.45) is 0.956. The number of halogens is 1. The number of carbonyl (C=O) groups excluding carboxylic acids is 1. The van der Waals surface area contributed by atoms with Crippen LogP contribution in [0.1, 0.15) is 10.5 Å². The van der Waals surface area contributed by atoms with Gasteiger partial charge in [-0.15, -0.1) is 0 Å². The topological polar surface area (TPSA) is 93.8 Å². The van der Waals surface area contributed by atoms with Gasteiger partial charge in [-0.3, -0.25) is 0 Å². The molecule has 0 aliphatic rings. The number of hydrogen-bond acceptors (Lipinski definition) is 6. The van der Waals surface area contributed by atoms with Gasteiger partial charge in [0, 0.05) is 6.20 Å². The number of methoxy groups -OCH3 is 1. The van der Waals surface area contributed by atoms with Gasteiger partial charge in [-0.2, -0.15) is 5.10 Å². The zero-order chi connectivity index (χ0) is 12.8. The van der Waals surface area contributed by atoms with Crippen molar-refractivity contribution >= 4 is 28.6 Å². The molecule has 17 heavy (non-hydrogen) atoms. The van der Waals surface area contributed by atoms with Crippen molar-refractivity contribution in [3.8, 4) is 0 Å². The van der Waals surface area contributed by atoms with E-state index in [-0.39, 0.29) is 25.6 Å². The third kappa shape index (κ3) is 3.91. The van der Waals surface area contributed by atoms with Crippen LogP contribution in [0.3, 0.4) is 0 Å². The minimum atomic E-state index is -0.654. The van der Waals surface area contributed by atoms with Crippen LogP contribution in [0.15, 0.2) is 6.20 Å². The second kappa shape index (κ2) is 6.89. The zero-order valence-corrected chi connectivity index (χ0v) is 11.3. The highest BCUT2D eigenvalue weighted by Crippen LogP contribution is 2.11. The number of esters is 1. The summed E-state index contributed by atoms with van der Waals surface area (Å²) < 4.78 is 11.7. The molecular weight excluding hydrogens is 343 g/mol. The van der Waals surface area contributed by atoms with E-state index >= 15 is 0 Å². The molecule has 2 N–H and O–H groups in total. The molecule has 0 aliphatic heterocycles. The van der Waals surface area contributed by atoms with Crippen molar-refractivity contribution in [3.05, 3.63) is 15.5 Å². The van der Waals surface area contributed by atoms with E-state index in [4.69, 9.17) is 14.9 Å². The minimum absolute atomic E-state index is 0.0405. The second-order valence-electron chi connectivity index (χ2n) is 3.14. The fourth-order valence-corrected chi connectivity index (χ4v) is 1.69. The maximum atomic E-state index is 11.3. The van der Waals surface area contributed by atoms with E-state index in [0.29, 0.717) is 3.57 Å². The van der Waals surface area contributed by atoms with Gasteiger partial charge in [-0.25, -0.2) is 9.48 Å². The highest BCUT2D eigenvalue weighted by Gasteiger charge is 2.16. The molecule has 0 atom stereocenters. The largest absolute Gasteiger partial charge is 0.464 e. The fraction of sp³-hybridized carbons (Fsp3) is 0.556. The standard InChI is InChI=1S/C9H13IN2O5/c1-16-9(15)8-7(10)2-12(11-8)5-17-6(3-13)4-14/h2,6,13-14H,3-5H2,1H3. The summed E-state index contributed by atoms with van der Waals surface area (Å²) in [6.45, 7) is -0.518. The van der Waals surface area contributed by atoms with Crippen LogP contribution >= 0.6 is 22.6 Å². The van der Waals surface area contributed by atoms with Crippen LogP contribution in [-0.4, -0.2) is 52.4 Å². The molecule has 96 valence electrons. The van der Waals surface area contributed by atoms with Crippen molar-refractivity contribution in [2.45, 2.75) is 12.8 Å². The first-order valence-corrected chi connectivity index (χ1v) is 5.84. The molecule has 1 heterocycles. The van der Waals surface area contributed by atoms with Crippen LogP contribution in [-0.2, 0) is 16.2 Å². The number of hydrogen-bond donors (Lipinski definition) is 2. The van der Waals surface area contributed by atoms with Crippen LogP contribution < -0.4 is 0 Å². The average molecular weight is 356 g/mol. The maximum Gasteiger partial charge on any atom is 0.359 e. The summed E-state index contributed by atoms with van der Waals surface area (Å²) in [7, 11) is 1.28. The van der Waals surface area contributed by atoms with Crippen molar-refractivity contribution in [2.24, 2.45) is 0 Å². The van der Waals surface area contributed by atoms with Gasteiger partial charge >= 0.3 is 5.97 Å². The maximum absolute atomic E-state index is 11.3. The molecule has 0 aliphatic carbocycles. The van der Waals surface area contributed by atoms with Crippen molar-refractivity contribution in [3.63, 3.8) is 0 Å². The number of ether oxygens (including phenoxy) is 2. The van der Waals surface area contributed by atoms with Crippen LogP contribution in [0.4, 0.5) is 0 Å². The Labute approximate surface area is 111 Å². The molecule has 7 nitrogen and oxygen atoms in total. The van der Waals surface area contributed by atoms with Crippen LogP contribution in [0.25, 0.3) is 0 Å². The molecule has 0 fully saturated rings. The lowest BCUT2D eigenvalue weighted by molar-refractivity contribution is -0.0536. The Kier molecular flexibility index (Phi) is 5.82. The quantitative estimate of drug-likeness (QED) is 0.532. The smallest absolute Gasteiger partial charge is 0.359 e. The first-order chi connectivity index (χ1) is 8.12. The summed E-state index contributed by atoms with van der Waals surface area (Å²) in [4.78, 5) is 11.3. The number of rotatable bonds is 6. The molecule has 1 rings (SSSR count). The highest BCUT2D eigenvalue weighted by molar-refractivity contribution is 14.1. The third-order valence-corrected chi connectivity index (χ3v) is 2.73. The molecule has 0 bridgehead atoms. The first-order valence-electron chi connectivity index (χ1n) is 4.77. The molecule has 0 spiro atoms. The molecule has 1 aromatic heterocycles. The fourth-order valence-electron chi connectivity index (χ4n) is 1.04. The SMILES string of the molecule is COC(=O)c1nn(COC(CO)CO)cc1I. The third-order valence-electron chi connectivity index (χ3n) is 1.95. The first kappa shape index (κ1) is 14.4. The van der Waals surface area contributed by atoms with Crippen LogP contribution in [0.2, 0.25) is 0 Å². The van der Waals surface area contributed by atoms with Crippen molar-refractivity contribution in [2.75, 3.05) is 20.3 Å². The van der Waals surface area contributed by atoms with Gasteiger partial charge in [0.15, 0.2) is 5.69 Å². The van der Waals surface area contributed by atoms with Gasteiger partial charge in [0.05, 0.1) is 23.9 Å². The lowest BCUT2D eigenvalue weighted by atomic mass is 10.4. The predicted molar refractivity (Wildman–Crippen MR) is 65.3 cm³/mol. The highest BCUT2D eigenvalue weighted by atomic mass is 127. The Balaban J connectivity index is 2.64.